The minimum atomic E-state index is -0.343. The van der Waals surface area contributed by atoms with Crippen molar-refractivity contribution in [2.24, 2.45) is 0 Å². The number of ether oxygens (including phenoxy) is 1. The lowest BCUT2D eigenvalue weighted by Crippen LogP contribution is -2.49. The van der Waals surface area contributed by atoms with Gasteiger partial charge in [0, 0.05) is 38.9 Å². The van der Waals surface area contributed by atoms with E-state index in [0.29, 0.717) is 36.9 Å². The van der Waals surface area contributed by atoms with E-state index >= 15 is 0 Å². The Balaban J connectivity index is 1.56. The summed E-state index contributed by atoms with van der Waals surface area (Å²) in [6, 6.07) is 6.05. The van der Waals surface area contributed by atoms with Gasteiger partial charge in [-0.25, -0.2) is 4.39 Å². The zero-order valence-corrected chi connectivity index (χ0v) is 13.4. The second kappa shape index (κ2) is 7.50. The Bertz CT molecular complexity index is 698. The summed E-state index contributed by atoms with van der Waals surface area (Å²) in [4.78, 5) is 20.0. The standard InChI is InChI=1S/C16H19FN4O3/c1-23-11-15(22)21-7-5-20(6-8-21)10-14-18-16(24-19-14)12-3-2-4-13(17)9-12/h2-4,9H,5-8,10-11H2,1H3. The Labute approximate surface area is 139 Å². The Morgan fingerprint density at radius 1 is 1.33 bits per heavy atom. The number of benzene rings is 1. The van der Waals surface area contributed by atoms with Gasteiger partial charge in [-0.05, 0) is 18.2 Å². The topological polar surface area (TPSA) is 71.7 Å². The summed E-state index contributed by atoms with van der Waals surface area (Å²) < 4.78 is 23.3. The average Bonchev–Trinajstić information content (AvgIpc) is 3.04. The van der Waals surface area contributed by atoms with Gasteiger partial charge in [-0.1, -0.05) is 11.2 Å². The molecule has 1 saturated heterocycles. The van der Waals surface area contributed by atoms with Gasteiger partial charge in [0.1, 0.15) is 12.4 Å². The van der Waals surface area contributed by atoms with Gasteiger partial charge < -0.3 is 14.2 Å². The first-order valence-corrected chi connectivity index (χ1v) is 7.73. The Morgan fingerprint density at radius 2 is 2.12 bits per heavy atom. The summed E-state index contributed by atoms with van der Waals surface area (Å²) in [5, 5.41) is 3.95. The molecule has 24 heavy (non-hydrogen) atoms. The number of carbonyl (C=O) groups excluding carboxylic acids is 1. The van der Waals surface area contributed by atoms with Crippen molar-refractivity contribution in [2.45, 2.75) is 6.54 Å². The molecule has 0 aliphatic carbocycles. The third-order valence-electron chi connectivity index (χ3n) is 3.90. The van der Waals surface area contributed by atoms with Crippen LogP contribution in [0.5, 0.6) is 0 Å². The molecule has 128 valence electrons. The maximum atomic E-state index is 13.2. The van der Waals surface area contributed by atoms with Crippen molar-refractivity contribution in [1.29, 1.82) is 0 Å². The molecule has 3 rings (SSSR count). The van der Waals surface area contributed by atoms with Crippen LogP contribution in [0.3, 0.4) is 0 Å². The fraction of sp³-hybridized carbons (Fsp3) is 0.438. The molecule has 0 saturated carbocycles. The predicted molar refractivity (Wildman–Crippen MR) is 83.4 cm³/mol. The van der Waals surface area contributed by atoms with Crippen molar-refractivity contribution in [1.82, 2.24) is 19.9 Å². The van der Waals surface area contributed by atoms with Gasteiger partial charge in [-0.3, -0.25) is 9.69 Å². The Morgan fingerprint density at radius 3 is 2.83 bits per heavy atom. The van der Waals surface area contributed by atoms with Crippen LogP contribution in [0.15, 0.2) is 28.8 Å². The highest BCUT2D eigenvalue weighted by Crippen LogP contribution is 2.18. The van der Waals surface area contributed by atoms with Crippen LogP contribution < -0.4 is 0 Å². The molecule has 1 aliphatic rings. The SMILES string of the molecule is COCC(=O)N1CCN(Cc2noc(-c3cccc(F)c3)n2)CC1. The van der Waals surface area contributed by atoms with Crippen LogP contribution in [0.2, 0.25) is 0 Å². The van der Waals surface area contributed by atoms with Crippen LogP contribution in [0.25, 0.3) is 11.5 Å². The molecule has 0 spiro atoms. The summed E-state index contributed by atoms with van der Waals surface area (Å²) in [6.07, 6.45) is 0. The molecule has 2 heterocycles. The van der Waals surface area contributed by atoms with Crippen molar-refractivity contribution in [3.8, 4) is 11.5 Å². The lowest BCUT2D eigenvalue weighted by atomic mass is 10.2. The first-order chi connectivity index (χ1) is 11.7. The normalized spacial score (nSPS) is 15.7. The van der Waals surface area contributed by atoms with E-state index in [1.54, 1.807) is 17.0 Å². The van der Waals surface area contributed by atoms with Crippen LogP contribution in [0.1, 0.15) is 5.82 Å². The molecule has 1 aromatic carbocycles. The van der Waals surface area contributed by atoms with Crippen LogP contribution in [-0.2, 0) is 16.1 Å². The Hall–Kier alpha value is -2.32. The third-order valence-corrected chi connectivity index (χ3v) is 3.90. The van der Waals surface area contributed by atoms with Gasteiger partial charge in [0.15, 0.2) is 5.82 Å². The maximum Gasteiger partial charge on any atom is 0.258 e. The Kier molecular flexibility index (Phi) is 5.17. The van der Waals surface area contributed by atoms with Crippen molar-refractivity contribution in [3.05, 3.63) is 35.9 Å². The number of hydrogen-bond donors (Lipinski definition) is 0. The maximum absolute atomic E-state index is 13.2. The number of halogens is 1. The number of amides is 1. The second-order valence-corrected chi connectivity index (χ2v) is 5.62. The van der Waals surface area contributed by atoms with Gasteiger partial charge in [0.2, 0.25) is 5.91 Å². The highest BCUT2D eigenvalue weighted by atomic mass is 19.1. The van der Waals surface area contributed by atoms with E-state index in [-0.39, 0.29) is 18.3 Å². The molecular formula is C16H19FN4O3. The summed E-state index contributed by atoms with van der Waals surface area (Å²) in [5.41, 5.74) is 0.559. The third kappa shape index (κ3) is 3.95. The van der Waals surface area contributed by atoms with E-state index in [9.17, 15) is 9.18 Å². The number of carbonyl (C=O) groups is 1. The summed E-state index contributed by atoms with van der Waals surface area (Å²) in [6.45, 7) is 3.42. The molecule has 0 bridgehead atoms. The molecule has 0 atom stereocenters. The zero-order chi connectivity index (χ0) is 16.9. The van der Waals surface area contributed by atoms with E-state index in [1.807, 2.05) is 0 Å². The van der Waals surface area contributed by atoms with Crippen molar-refractivity contribution in [2.75, 3.05) is 39.9 Å². The molecule has 0 unspecified atom stereocenters. The molecule has 1 aliphatic heterocycles. The first-order valence-electron chi connectivity index (χ1n) is 7.73. The highest BCUT2D eigenvalue weighted by molar-refractivity contribution is 5.77. The second-order valence-electron chi connectivity index (χ2n) is 5.62. The van der Waals surface area contributed by atoms with Gasteiger partial charge in [0.25, 0.3) is 5.89 Å². The summed E-state index contributed by atoms with van der Waals surface area (Å²) in [7, 11) is 1.51. The zero-order valence-electron chi connectivity index (χ0n) is 13.4. The number of piperazine rings is 1. The number of methoxy groups -OCH3 is 1. The molecule has 2 aromatic rings. The van der Waals surface area contributed by atoms with Crippen LogP contribution in [-0.4, -0.2) is 65.7 Å². The fourth-order valence-corrected chi connectivity index (χ4v) is 2.63. The van der Waals surface area contributed by atoms with Crippen LogP contribution >= 0.6 is 0 Å². The van der Waals surface area contributed by atoms with Gasteiger partial charge >= 0.3 is 0 Å². The molecule has 0 N–H and O–H groups in total. The number of aromatic nitrogens is 2. The minimum absolute atomic E-state index is 0.00472. The monoisotopic (exact) mass is 334 g/mol. The number of rotatable bonds is 5. The van der Waals surface area contributed by atoms with Crippen molar-refractivity contribution >= 4 is 5.91 Å². The largest absolute Gasteiger partial charge is 0.375 e. The molecule has 0 radical (unpaired) electrons. The van der Waals surface area contributed by atoms with E-state index in [0.717, 1.165) is 13.1 Å². The lowest BCUT2D eigenvalue weighted by Gasteiger charge is -2.33. The fourth-order valence-electron chi connectivity index (χ4n) is 2.63. The number of nitrogens with zero attached hydrogens (tertiary/aromatic N) is 4. The average molecular weight is 334 g/mol. The van der Waals surface area contributed by atoms with Crippen molar-refractivity contribution in [3.63, 3.8) is 0 Å². The van der Waals surface area contributed by atoms with Gasteiger partial charge in [-0.15, -0.1) is 0 Å². The molecular weight excluding hydrogens is 315 g/mol. The van der Waals surface area contributed by atoms with E-state index in [2.05, 4.69) is 15.0 Å². The van der Waals surface area contributed by atoms with Crippen LogP contribution in [0.4, 0.5) is 4.39 Å². The molecule has 1 aromatic heterocycles. The predicted octanol–water partition coefficient (Wildman–Crippen LogP) is 1.17. The molecule has 1 fully saturated rings. The summed E-state index contributed by atoms with van der Waals surface area (Å²) >= 11 is 0. The lowest BCUT2D eigenvalue weighted by molar-refractivity contribution is -0.136. The van der Waals surface area contributed by atoms with Gasteiger partial charge in [0.05, 0.1) is 6.54 Å². The van der Waals surface area contributed by atoms with E-state index in [1.165, 1.54) is 19.2 Å². The molecule has 8 heteroatoms. The van der Waals surface area contributed by atoms with E-state index < -0.39 is 0 Å². The smallest absolute Gasteiger partial charge is 0.258 e. The molecule has 1 amide bonds. The minimum Gasteiger partial charge on any atom is -0.375 e. The first kappa shape index (κ1) is 16.5. The van der Waals surface area contributed by atoms with Gasteiger partial charge in [-0.2, -0.15) is 4.98 Å². The molecule has 7 nitrogen and oxygen atoms in total. The highest BCUT2D eigenvalue weighted by Gasteiger charge is 2.22. The number of hydrogen-bond acceptors (Lipinski definition) is 6. The quantitative estimate of drug-likeness (QED) is 0.817. The summed E-state index contributed by atoms with van der Waals surface area (Å²) in [5.74, 6) is 0.513. The van der Waals surface area contributed by atoms with Crippen LogP contribution in [0, 0.1) is 5.82 Å². The van der Waals surface area contributed by atoms with Crippen molar-refractivity contribution < 1.29 is 18.4 Å². The van der Waals surface area contributed by atoms with E-state index in [4.69, 9.17) is 9.26 Å².